The topological polar surface area (TPSA) is 25.2 Å². The van der Waals surface area contributed by atoms with E-state index in [1.54, 1.807) is 0 Å². The van der Waals surface area contributed by atoms with Crippen molar-refractivity contribution in [2.75, 3.05) is 13.1 Å². The summed E-state index contributed by atoms with van der Waals surface area (Å²) >= 11 is 6.15. The third-order valence-corrected chi connectivity index (χ3v) is 7.45. The van der Waals surface area contributed by atoms with Gasteiger partial charge in [-0.15, -0.1) is 0 Å². The Morgan fingerprint density at radius 1 is 1.08 bits per heavy atom. The standard InChI is InChI=1S/C19H19ClN2OSe/c20-15-6-7-17-18(12-15)24-22(19(17)23)16-8-10-21(11-9-16)13-14-4-2-1-3-5-14/h1-7,12,16H,8-11,13H2. The molecule has 0 bridgehead atoms. The molecule has 3 aromatic rings. The molecule has 1 aliphatic rings. The average Bonchev–Trinajstić information content (AvgIpc) is 2.92. The second-order valence-electron chi connectivity index (χ2n) is 6.36. The maximum atomic E-state index is 12.7. The number of aromatic nitrogens is 1. The van der Waals surface area contributed by atoms with E-state index in [0.29, 0.717) is 6.04 Å². The van der Waals surface area contributed by atoms with Gasteiger partial charge in [0.05, 0.1) is 0 Å². The molecule has 0 aliphatic carbocycles. The number of nitrogens with zero attached hydrogens (tertiary/aromatic N) is 2. The summed E-state index contributed by atoms with van der Waals surface area (Å²) in [6.07, 6.45) is 2.12. The van der Waals surface area contributed by atoms with Crippen molar-refractivity contribution >= 4 is 36.0 Å². The van der Waals surface area contributed by atoms with Crippen LogP contribution in [-0.4, -0.2) is 36.3 Å². The third-order valence-electron chi connectivity index (χ3n) is 4.71. The fraction of sp³-hybridized carbons (Fsp3) is 0.316. The van der Waals surface area contributed by atoms with Crippen molar-refractivity contribution in [1.82, 2.24) is 8.46 Å². The number of benzene rings is 2. The van der Waals surface area contributed by atoms with Gasteiger partial charge >= 0.3 is 152 Å². The SMILES string of the molecule is O=c1c2ccc(Cl)cc2[se]n1C1CCN(Cc2ccccc2)CC1. The van der Waals surface area contributed by atoms with E-state index < -0.39 is 0 Å². The van der Waals surface area contributed by atoms with Gasteiger partial charge in [0.15, 0.2) is 0 Å². The Labute approximate surface area is 152 Å². The molecule has 5 heteroatoms. The Morgan fingerprint density at radius 3 is 2.58 bits per heavy atom. The number of fused-ring (bicyclic) bond motifs is 1. The van der Waals surface area contributed by atoms with Crippen molar-refractivity contribution < 1.29 is 0 Å². The summed E-state index contributed by atoms with van der Waals surface area (Å²) in [4.78, 5) is 15.2. The van der Waals surface area contributed by atoms with Gasteiger partial charge in [-0.1, -0.05) is 0 Å². The van der Waals surface area contributed by atoms with E-state index in [4.69, 9.17) is 11.6 Å². The Hall–Kier alpha value is -1.32. The predicted octanol–water partition coefficient (Wildman–Crippen LogP) is 3.55. The Bertz CT molecular complexity index is 895. The molecule has 0 N–H and O–H groups in total. The average molecular weight is 406 g/mol. The van der Waals surface area contributed by atoms with Crippen molar-refractivity contribution in [3.63, 3.8) is 0 Å². The Kier molecular flexibility index (Phi) is 4.64. The van der Waals surface area contributed by atoms with E-state index in [2.05, 4.69) is 38.8 Å². The van der Waals surface area contributed by atoms with Crippen LogP contribution in [0.5, 0.6) is 0 Å². The minimum absolute atomic E-state index is 0.0730. The molecule has 1 aromatic heterocycles. The Balaban J connectivity index is 1.48. The molecule has 1 aliphatic heterocycles. The molecule has 3 nitrogen and oxygen atoms in total. The number of piperidine rings is 1. The van der Waals surface area contributed by atoms with Gasteiger partial charge in [0.25, 0.3) is 0 Å². The number of halogens is 1. The monoisotopic (exact) mass is 406 g/mol. The van der Waals surface area contributed by atoms with Crippen molar-refractivity contribution in [2.24, 2.45) is 0 Å². The van der Waals surface area contributed by atoms with Crippen LogP contribution in [0, 0.1) is 0 Å². The maximum absolute atomic E-state index is 12.7. The second kappa shape index (κ2) is 6.89. The fourth-order valence-corrected chi connectivity index (χ4v) is 6.22. The van der Waals surface area contributed by atoms with Crippen LogP contribution in [0.4, 0.5) is 0 Å². The summed E-state index contributed by atoms with van der Waals surface area (Å²) in [5.74, 6) is 0. The summed E-state index contributed by atoms with van der Waals surface area (Å²) in [6.45, 7) is 3.11. The molecule has 4 rings (SSSR count). The molecule has 0 spiro atoms. The third kappa shape index (κ3) is 3.24. The summed E-state index contributed by atoms with van der Waals surface area (Å²) in [7, 11) is 0. The van der Waals surface area contributed by atoms with Crippen LogP contribution in [0.3, 0.4) is 0 Å². The predicted molar refractivity (Wildman–Crippen MR) is 100 cm³/mol. The zero-order chi connectivity index (χ0) is 16.5. The van der Waals surface area contributed by atoms with Gasteiger partial charge in [-0.25, -0.2) is 0 Å². The quantitative estimate of drug-likeness (QED) is 0.623. The van der Waals surface area contributed by atoms with E-state index >= 15 is 0 Å². The van der Waals surface area contributed by atoms with Gasteiger partial charge < -0.3 is 0 Å². The first-order valence-electron chi connectivity index (χ1n) is 8.28. The number of hydrogen-bond acceptors (Lipinski definition) is 2. The van der Waals surface area contributed by atoms with Crippen molar-refractivity contribution in [2.45, 2.75) is 25.4 Å². The Morgan fingerprint density at radius 2 is 1.83 bits per heavy atom. The second-order valence-corrected chi connectivity index (χ2v) is 8.92. The molecule has 0 amide bonds. The summed E-state index contributed by atoms with van der Waals surface area (Å²) in [5.41, 5.74) is 1.56. The molecule has 0 radical (unpaired) electrons. The van der Waals surface area contributed by atoms with E-state index in [1.165, 1.54) is 5.56 Å². The van der Waals surface area contributed by atoms with Crippen LogP contribution >= 0.6 is 11.6 Å². The van der Waals surface area contributed by atoms with Crippen LogP contribution < -0.4 is 5.56 Å². The molecule has 1 fully saturated rings. The van der Waals surface area contributed by atoms with Crippen LogP contribution in [0.15, 0.2) is 53.3 Å². The molecule has 0 unspecified atom stereocenters. The molecule has 0 saturated carbocycles. The summed E-state index contributed by atoms with van der Waals surface area (Å²) < 4.78 is 3.24. The normalized spacial score (nSPS) is 16.7. The zero-order valence-electron chi connectivity index (χ0n) is 13.3. The first kappa shape index (κ1) is 16.2. The van der Waals surface area contributed by atoms with Gasteiger partial charge in [-0.2, -0.15) is 0 Å². The van der Waals surface area contributed by atoms with E-state index in [0.717, 1.165) is 47.1 Å². The first-order valence-corrected chi connectivity index (χ1v) is 10.3. The number of rotatable bonds is 3. The van der Waals surface area contributed by atoms with Crippen molar-refractivity contribution in [3.8, 4) is 0 Å². The van der Waals surface area contributed by atoms with Gasteiger partial charge in [0.2, 0.25) is 0 Å². The van der Waals surface area contributed by atoms with Crippen LogP contribution in [0.25, 0.3) is 9.65 Å². The molecule has 2 heterocycles. The van der Waals surface area contributed by atoms with Gasteiger partial charge in [-0.3, -0.25) is 0 Å². The van der Waals surface area contributed by atoms with Crippen molar-refractivity contribution in [3.05, 3.63) is 69.5 Å². The summed E-state index contributed by atoms with van der Waals surface area (Å²) in [6, 6.07) is 16.6. The first-order chi connectivity index (χ1) is 11.7. The van der Waals surface area contributed by atoms with E-state index in [-0.39, 0.29) is 20.3 Å². The zero-order valence-corrected chi connectivity index (χ0v) is 15.8. The molecule has 1 saturated heterocycles. The molecule has 24 heavy (non-hydrogen) atoms. The van der Waals surface area contributed by atoms with Crippen LogP contribution in [-0.2, 0) is 6.54 Å². The van der Waals surface area contributed by atoms with E-state index in [9.17, 15) is 4.79 Å². The van der Waals surface area contributed by atoms with E-state index in [1.807, 2.05) is 18.2 Å². The molecule has 0 atom stereocenters. The van der Waals surface area contributed by atoms with Crippen molar-refractivity contribution in [1.29, 1.82) is 0 Å². The molecular weight excluding hydrogens is 387 g/mol. The van der Waals surface area contributed by atoms with Crippen LogP contribution in [0.1, 0.15) is 24.4 Å². The number of hydrogen-bond donors (Lipinski definition) is 0. The molecule has 2 aromatic carbocycles. The fourth-order valence-electron chi connectivity index (χ4n) is 3.41. The summed E-state index contributed by atoms with van der Waals surface area (Å²) in [5, 5.41) is 1.58. The van der Waals surface area contributed by atoms with Gasteiger partial charge in [0, 0.05) is 0 Å². The van der Waals surface area contributed by atoms with Gasteiger partial charge in [0.1, 0.15) is 0 Å². The number of likely N-dealkylation sites (tertiary alicyclic amines) is 1. The minimum atomic E-state index is 0.0730. The molecule has 124 valence electrons. The molecular formula is C19H19ClN2OSe. The van der Waals surface area contributed by atoms with Gasteiger partial charge in [-0.05, 0) is 0 Å². The van der Waals surface area contributed by atoms with Crippen LogP contribution in [0.2, 0.25) is 5.02 Å².